The highest BCUT2D eigenvalue weighted by atomic mass is 16.5. The number of rotatable bonds is 7. The molecule has 0 saturated heterocycles. The van der Waals surface area contributed by atoms with E-state index in [0.717, 1.165) is 34.6 Å². The molecule has 0 saturated carbocycles. The molecule has 8 heteroatoms. The number of carbonyl (C=O) groups is 1. The first kappa shape index (κ1) is 18.9. The summed E-state index contributed by atoms with van der Waals surface area (Å²) in [6, 6.07) is 13.5. The SMILES string of the molecule is CCOc1cc2c(cc1CNC(=O)Cn1nnc(-c3ccccc3)n1)O[C@@H](C)C2. The monoisotopic (exact) mass is 393 g/mol. The van der Waals surface area contributed by atoms with E-state index in [1.165, 1.54) is 4.80 Å². The summed E-state index contributed by atoms with van der Waals surface area (Å²) in [6.07, 6.45) is 1.02. The van der Waals surface area contributed by atoms with Crippen LogP contribution in [0.1, 0.15) is 25.0 Å². The molecule has 0 radical (unpaired) electrons. The number of aromatic nitrogens is 4. The van der Waals surface area contributed by atoms with Crippen LogP contribution in [0.25, 0.3) is 11.4 Å². The fourth-order valence-electron chi connectivity index (χ4n) is 3.30. The number of hydrogen-bond donors (Lipinski definition) is 1. The van der Waals surface area contributed by atoms with E-state index in [-0.39, 0.29) is 18.6 Å². The summed E-state index contributed by atoms with van der Waals surface area (Å²) in [4.78, 5) is 13.7. The van der Waals surface area contributed by atoms with Crippen LogP contribution in [0.15, 0.2) is 42.5 Å². The lowest BCUT2D eigenvalue weighted by molar-refractivity contribution is -0.122. The minimum Gasteiger partial charge on any atom is -0.494 e. The molecule has 29 heavy (non-hydrogen) atoms. The minimum atomic E-state index is -0.209. The molecule has 4 rings (SSSR count). The zero-order chi connectivity index (χ0) is 20.2. The van der Waals surface area contributed by atoms with E-state index in [4.69, 9.17) is 9.47 Å². The predicted octanol–water partition coefficient (Wildman–Crippen LogP) is 2.38. The Hall–Kier alpha value is -3.42. The molecule has 0 unspecified atom stereocenters. The molecule has 1 aliphatic rings. The van der Waals surface area contributed by atoms with Crippen molar-refractivity contribution in [2.75, 3.05) is 6.61 Å². The van der Waals surface area contributed by atoms with Gasteiger partial charge in [-0.1, -0.05) is 30.3 Å². The van der Waals surface area contributed by atoms with Gasteiger partial charge in [0, 0.05) is 29.7 Å². The van der Waals surface area contributed by atoms with Crippen molar-refractivity contribution in [2.24, 2.45) is 0 Å². The summed E-state index contributed by atoms with van der Waals surface area (Å²) in [7, 11) is 0. The Morgan fingerprint density at radius 2 is 2.14 bits per heavy atom. The third-order valence-corrected chi connectivity index (χ3v) is 4.62. The standard InChI is InChI=1S/C21H23N5O3/c1-3-28-18-10-16-9-14(2)29-19(16)11-17(18)12-22-20(27)13-26-24-21(23-25-26)15-7-5-4-6-8-15/h4-8,10-11,14H,3,9,12-13H2,1-2H3,(H,22,27)/t14-/m0/s1. The van der Waals surface area contributed by atoms with Gasteiger partial charge in [0.15, 0.2) is 0 Å². The van der Waals surface area contributed by atoms with Gasteiger partial charge in [-0.05, 0) is 31.2 Å². The van der Waals surface area contributed by atoms with Gasteiger partial charge < -0.3 is 14.8 Å². The molecule has 3 aromatic rings. The van der Waals surface area contributed by atoms with Gasteiger partial charge in [0.1, 0.15) is 24.1 Å². The van der Waals surface area contributed by atoms with E-state index in [1.54, 1.807) is 0 Å². The summed E-state index contributed by atoms with van der Waals surface area (Å²) in [6.45, 7) is 4.86. The molecule has 2 aromatic carbocycles. The molecule has 2 heterocycles. The molecule has 1 N–H and O–H groups in total. The Bertz CT molecular complexity index is 1000. The molecule has 150 valence electrons. The van der Waals surface area contributed by atoms with Gasteiger partial charge in [-0.2, -0.15) is 4.80 Å². The van der Waals surface area contributed by atoms with Gasteiger partial charge in [-0.15, -0.1) is 10.2 Å². The number of nitrogens with zero attached hydrogens (tertiary/aromatic N) is 4. The first-order valence-electron chi connectivity index (χ1n) is 9.67. The summed E-state index contributed by atoms with van der Waals surface area (Å²) >= 11 is 0. The normalized spacial score (nSPS) is 14.9. The minimum absolute atomic E-state index is 0.0116. The largest absolute Gasteiger partial charge is 0.494 e. The highest BCUT2D eigenvalue weighted by Crippen LogP contribution is 2.35. The van der Waals surface area contributed by atoms with Gasteiger partial charge >= 0.3 is 0 Å². The maximum absolute atomic E-state index is 12.4. The van der Waals surface area contributed by atoms with Crippen LogP contribution in [0.4, 0.5) is 0 Å². The topological polar surface area (TPSA) is 91.2 Å². The summed E-state index contributed by atoms with van der Waals surface area (Å²) in [5.41, 5.74) is 2.87. The molecule has 1 atom stereocenters. The average molecular weight is 393 g/mol. The lowest BCUT2D eigenvalue weighted by atomic mass is 10.1. The third kappa shape index (κ3) is 4.37. The van der Waals surface area contributed by atoms with E-state index >= 15 is 0 Å². The highest BCUT2D eigenvalue weighted by Gasteiger charge is 2.22. The van der Waals surface area contributed by atoms with E-state index in [9.17, 15) is 4.79 Å². The van der Waals surface area contributed by atoms with Gasteiger partial charge in [0.2, 0.25) is 11.7 Å². The van der Waals surface area contributed by atoms with E-state index < -0.39 is 0 Å². The zero-order valence-corrected chi connectivity index (χ0v) is 16.5. The maximum Gasteiger partial charge on any atom is 0.243 e. The lowest BCUT2D eigenvalue weighted by Crippen LogP contribution is -2.28. The maximum atomic E-state index is 12.4. The van der Waals surface area contributed by atoms with Crippen LogP contribution in [-0.4, -0.2) is 38.8 Å². The van der Waals surface area contributed by atoms with Crippen LogP contribution >= 0.6 is 0 Å². The van der Waals surface area contributed by atoms with Crippen molar-refractivity contribution in [1.82, 2.24) is 25.5 Å². The van der Waals surface area contributed by atoms with Crippen LogP contribution in [0.2, 0.25) is 0 Å². The molecule has 8 nitrogen and oxygen atoms in total. The van der Waals surface area contributed by atoms with Gasteiger partial charge in [0.05, 0.1) is 6.61 Å². The first-order valence-corrected chi connectivity index (χ1v) is 9.67. The number of nitrogens with one attached hydrogen (secondary N) is 1. The number of ether oxygens (including phenoxy) is 2. The smallest absolute Gasteiger partial charge is 0.243 e. The van der Waals surface area contributed by atoms with E-state index in [2.05, 4.69) is 20.7 Å². The Kier molecular flexibility index (Phi) is 5.41. The molecule has 0 fully saturated rings. The second-order valence-corrected chi connectivity index (χ2v) is 6.92. The second kappa shape index (κ2) is 8.30. The van der Waals surface area contributed by atoms with Crippen molar-refractivity contribution in [3.05, 3.63) is 53.6 Å². The molecule has 1 aromatic heterocycles. The summed E-state index contributed by atoms with van der Waals surface area (Å²) in [5.74, 6) is 1.91. The Balaban J connectivity index is 1.40. The van der Waals surface area contributed by atoms with Crippen molar-refractivity contribution < 1.29 is 14.3 Å². The Labute approximate surface area is 168 Å². The van der Waals surface area contributed by atoms with Crippen LogP contribution in [0, 0.1) is 0 Å². The number of carbonyl (C=O) groups excluding carboxylic acids is 1. The number of hydrogen-bond acceptors (Lipinski definition) is 6. The van der Waals surface area contributed by atoms with E-state index in [0.29, 0.717) is 19.0 Å². The van der Waals surface area contributed by atoms with Crippen molar-refractivity contribution in [1.29, 1.82) is 0 Å². The predicted molar refractivity (Wildman–Crippen MR) is 107 cm³/mol. The van der Waals surface area contributed by atoms with Crippen molar-refractivity contribution in [2.45, 2.75) is 39.5 Å². The van der Waals surface area contributed by atoms with Crippen molar-refractivity contribution in [3.8, 4) is 22.9 Å². The van der Waals surface area contributed by atoms with Crippen LogP contribution in [0.5, 0.6) is 11.5 Å². The molecule has 0 aliphatic carbocycles. The summed E-state index contributed by atoms with van der Waals surface area (Å²) in [5, 5.41) is 15.1. The molecule has 0 spiro atoms. The van der Waals surface area contributed by atoms with Gasteiger partial charge in [-0.25, -0.2) is 0 Å². The fourth-order valence-corrected chi connectivity index (χ4v) is 3.30. The molecular formula is C21H23N5O3. The number of fused-ring (bicyclic) bond motifs is 1. The number of amides is 1. The van der Waals surface area contributed by atoms with E-state index in [1.807, 2.05) is 56.3 Å². The molecule has 0 bridgehead atoms. The van der Waals surface area contributed by atoms with Crippen LogP contribution < -0.4 is 14.8 Å². The van der Waals surface area contributed by atoms with Crippen LogP contribution in [-0.2, 0) is 24.3 Å². The third-order valence-electron chi connectivity index (χ3n) is 4.62. The summed E-state index contributed by atoms with van der Waals surface area (Å²) < 4.78 is 11.6. The first-order chi connectivity index (χ1) is 14.1. The second-order valence-electron chi connectivity index (χ2n) is 6.92. The molecule has 1 amide bonds. The fraction of sp³-hybridized carbons (Fsp3) is 0.333. The van der Waals surface area contributed by atoms with Gasteiger partial charge in [-0.3, -0.25) is 4.79 Å². The van der Waals surface area contributed by atoms with Gasteiger partial charge in [0.25, 0.3) is 0 Å². The quantitative estimate of drug-likeness (QED) is 0.663. The molecule has 1 aliphatic heterocycles. The Morgan fingerprint density at radius 3 is 2.93 bits per heavy atom. The van der Waals surface area contributed by atoms with Crippen molar-refractivity contribution >= 4 is 5.91 Å². The Morgan fingerprint density at radius 1 is 1.31 bits per heavy atom. The molecular weight excluding hydrogens is 370 g/mol. The highest BCUT2D eigenvalue weighted by molar-refractivity contribution is 5.75. The zero-order valence-electron chi connectivity index (χ0n) is 16.5. The van der Waals surface area contributed by atoms with Crippen molar-refractivity contribution in [3.63, 3.8) is 0 Å². The number of tetrazole rings is 1. The van der Waals surface area contributed by atoms with Crippen LogP contribution in [0.3, 0.4) is 0 Å². The average Bonchev–Trinajstić information content (AvgIpc) is 3.32. The number of benzene rings is 2. The lowest BCUT2D eigenvalue weighted by Gasteiger charge is -2.13.